The third-order valence-electron chi connectivity index (χ3n) is 4.62. The Labute approximate surface area is 156 Å². The van der Waals surface area contributed by atoms with Gasteiger partial charge in [0.2, 0.25) is 0 Å². The molecule has 1 saturated heterocycles. The van der Waals surface area contributed by atoms with Gasteiger partial charge < -0.3 is 19.1 Å². The predicted octanol–water partition coefficient (Wildman–Crippen LogP) is 3.16. The Morgan fingerprint density at radius 3 is 2.67 bits per heavy atom. The lowest BCUT2D eigenvalue weighted by Gasteiger charge is -2.34. The van der Waals surface area contributed by atoms with Crippen molar-refractivity contribution in [2.75, 3.05) is 31.1 Å². The van der Waals surface area contributed by atoms with E-state index in [2.05, 4.69) is 16.1 Å². The van der Waals surface area contributed by atoms with Crippen LogP contribution in [0.5, 0.6) is 0 Å². The number of carbonyl (C=O) groups is 1. The first-order valence-electron chi connectivity index (χ1n) is 8.75. The zero-order chi connectivity index (χ0) is 18.6. The van der Waals surface area contributed by atoms with Gasteiger partial charge in [0.05, 0.1) is 17.0 Å². The van der Waals surface area contributed by atoms with Gasteiger partial charge in [0.15, 0.2) is 11.4 Å². The second-order valence-electron chi connectivity index (χ2n) is 6.34. The van der Waals surface area contributed by atoms with Crippen LogP contribution >= 0.6 is 0 Å². The second-order valence-corrected chi connectivity index (χ2v) is 6.34. The maximum Gasteiger partial charge on any atom is 0.410 e. The molecule has 2 heterocycles. The van der Waals surface area contributed by atoms with Crippen molar-refractivity contribution in [2.24, 2.45) is 0 Å². The van der Waals surface area contributed by atoms with Crippen LogP contribution in [0.4, 0.5) is 10.6 Å². The molecule has 1 aliphatic heterocycles. The molecule has 0 saturated carbocycles. The van der Waals surface area contributed by atoms with Crippen molar-refractivity contribution < 1.29 is 14.1 Å². The highest BCUT2D eigenvalue weighted by Gasteiger charge is 2.25. The highest BCUT2D eigenvalue weighted by molar-refractivity contribution is 5.89. The van der Waals surface area contributed by atoms with Crippen molar-refractivity contribution in [3.05, 3.63) is 59.7 Å². The van der Waals surface area contributed by atoms with E-state index in [-0.39, 0.29) is 12.7 Å². The van der Waals surface area contributed by atoms with Crippen LogP contribution in [0.1, 0.15) is 11.1 Å². The van der Waals surface area contributed by atoms with Crippen LogP contribution < -0.4 is 4.90 Å². The molecule has 1 amide bonds. The van der Waals surface area contributed by atoms with Crippen molar-refractivity contribution in [2.45, 2.75) is 6.61 Å². The highest BCUT2D eigenvalue weighted by Crippen LogP contribution is 2.27. The molecule has 7 nitrogen and oxygen atoms in total. The van der Waals surface area contributed by atoms with Crippen molar-refractivity contribution >= 4 is 22.9 Å². The summed E-state index contributed by atoms with van der Waals surface area (Å²) in [4.78, 5) is 16.0. The number of aromatic nitrogens is 1. The fraction of sp³-hybridized carbons (Fsp3) is 0.250. The van der Waals surface area contributed by atoms with Gasteiger partial charge in [-0.2, -0.15) is 5.26 Å². The van der Waals surface area contributed by atoms with E-state index < -0.39 is 0 Å². The van der Waals surface area contributed by atoms with Gasteiger partial charge in [0.25, 0.3) is 0 Å². The lowest BCUT2D eigenvalue weighted by atomic mass is 10.1. The predicted molar refractivity (Wildman–Crippen MR) is 99.1 cm³/mol. The smallest absolute Gasteiger partial charge is 0.410 e. The van der Waals surface area contributed by atoms with Crippen molar-refractivity contribution in [3.63, 3.8) is 0 Å². The summed E-state index contributed by atoms with van der Waals surface area (Å²) in [6.45, 7) is 2.60. The van der Waals surface area contributed by atoms with Gasteiger partial charge in [0, 0.05) is 26.2 Å². The zero-order valence-electron chi connectivity index (χ0n) is 14.7. The molecular weight excluding hydrogens is 344 g/mol. The number of anilines is 1. The Morgan fingerprint density at radius 2 is 1.93 bits per heavy atom. The standard InChI is InChI=1S/C20H18N4O3/c21-13-16-6-7-18-17(12-16)19(22-27-18)23-8-10-24(11-9-23)20(25)26-14-15-4-2-1-3-5-15/h1-7,12H,8-11,14H2. The van der Waals surface area contributed by atoms with E-state index in [9.17, 15) is 4.79 Å². The molecule has 3 aromatic rings. The topological polar surface area (TPSA) is 82.6 Å². The quantitative estimate of drug-likeness (QED) is 0.712. The summed E-state index contributed by atoms with van der Waals surface area (Å²) in [6, 6.07) is 17.0. The number of ether oxygens (including phenoxy) is 1. The molecule has 27 heavy (non-hydrogen) atoms. The maximum atomic E-state index is 12.3. The molecule has 7 heteroatoms. The first-order valence-corrected chi connectivity index (χ1v) is 8.75. The number of carbonyl (C=O) groups excluding carboxylic acids is 1. The molecule has 0 N–H and O–H groups in total. The maximum absolute atomic E-state index is 12.3. The lowest BCUT2D eigenvalue weighted by molar-refractivity contribution is 0.0941. The van der Waals surface area contributed by atoms with Gasteiger partial charge in [-0.25, -0.2) is 4.79 Å². The fourth-order valence-corrected chi connectivity index (χ4v) is 3.13. The van der Waals surface area contributed by atoms with Crippen LogP contribution in [0, 0.1) is 11.3 Å². The van der Waals surface area contributed by atoms with Gasteiger partial charge in [-0.15, -0.1) is 0 Å². The molecule has 1 fully saturated rings. The van der Waals surface area contributed by atoms with E-state index in [4.69, 9.17) is 14.5 Å². The zero-order valence-corrected chi connectivity index (χ0v) is 14.7. The minimum Gasteiger partial charge on any atom is -0.445 e. The van der Waals surface area contributed by atoms with Crippen molar-refractivity contribution in [3.8, 4) is 6.07 Å². The number of rotatable bonds is 3. The molecule has 0 radical (unpaired) electrons. The SMILES string of the molecule is N#Cc1ccc2onc(N3CCN(C(=O)OCc4ccccc4)CC3)c2c1. The van der Waals surface area contributed by atoms with Gasteiger partial charge in [0.1, 0.15) is 6.61 Å². The number of hydrogen-bond acceptors (Lipinski definition) is 6. The molecule has 2 aromatic carbocycles. The number of hydrogen-bond donors (Lipinski definition) is 0. The summed E-state index contributed by atoms with van der Waals surface area (Å²) in [5.41, 5.74) is 2.18. The Morgan fingerprint density at radius 1 is 1.15 bits per heavy atom. The van der Waals surface area contributed by atoms with Crippen LogP contribution in [0.25, 0.3) is 11.0 Å². The number of piperazine rings is 1. The Balaban J connectivity index is 1.37. The second kappa shape index (κ2) is 7.38. The molecule has 136 valence electrons. The molecule has 0 atom stereocenters. The third-order valence-corrected chi connectivity index (χ3v) is 4.62. The summed E-state index contributed by atoms with van der Waals surface area (Å²) in [7, 11) is 0. The van der Waals surface area contributed by atoms with Crippen LogP contribution in [-0.2, 0) is 11.3 Å². The lowest BCUT2D eigenvalue weighted by Crippen LogP contribution is -2.49. The summed E-state index contributed by atoms with van der Waals surface area (Å²) in [6.07, 6.45) is -0.310. The molecule has 0 spiro atoms. The van der Waals surface area contributed by atoms with E-state index in [0.717, 1.165) is 10.9 Å². The van der Waals surface area contributed by atoms with Crippen LogP contribution in [0.2, 0.25) is 0 Å². The van der Waals surface area contributed by atoms with Crippen LogP contribution in [0.15, 0.2) is 53.1 Å². The molecule has 1 aromatic heterocycles. The van der Waals surface area contributed by atoms with E-state index in [1.165, 1.54) is 0 Å². The Kier molecular flexibility index (Phi) is 4.62. The van der Waals surface area contributed by atoms with E-state index >= 15 is 0 Å². The van der Waals surface area contributed by atoms with E-state index in [0.29, 0.717) is 43.1 Å². The minimum absolute atomic E-state index is 0.269. The van der Waals surface area contributed by atoms with Crippen LogP contribution in [-0.4, -0.2) is 42.3 Å². The highest BCUT2D eigenvalue weighted by atomic mass is 16.6. The van der Waals surface area contributed by atoms with Crippen molar-refractivity contribution in [1.29, 1.82) is 5.26 Å². The van der Waals surface area contributed by atoms with E-state index in [1.54, 1.807) is 23.1 Å². The normalized spacial score (nSPS) is 14.2. The summed E-state index contributed by atoms with van der Waals surface area (Å²) < 4.78 is 10.7. The van der Waals surface area contributed by atoms with E-state index in [1.807, 2.05) is 30.3 Å². The minimum atomic E-state index is -0.310. The van der Waals surface area contributed by atoms with Gasteiger partial charge in [-0.05, 0) is 23.8 Å². The molecule has 0 unspecified atom stereocenters. The number of nitriles is 1. The number of amides is 1. The molecule has 4 rings (SSSR count). The summed E-state index contributed by atoms with van der Waals surface area (Å²) in [5.74, 6) is 0.708. The molecule has 0 bridgehead atoms. The number of benzene rings is 2. The average molecular weight is 362 g/mol. The fourth-order valence-electron chi connectivity index (χ4n) is 3.13. The third kappa shape index (κ3) is 3.55. The summed E-state index contributed by atoms with van der Waals surface area (Å²) >= 11 is 0. The molecular formula is C20H18N4O3. The van der Waals surface area contributed by atoms with Crippen molar-refractivity contribution in [1.82, 2.24) is 10.1 Å². The first-order chi connectivity index (χ1) is 13.2. The molecule has 1 aliphatic rings. The largest absolute Gasteiger partial charge is 0.445 e. The molecule has 0 aliphatic carbocycles. The Bertz CT molecular complexity index is 985. The number of nitrogens with zero attached hydrogens (tertiary/aromatic N) is 4. The average Bonchev–Trinajstić information content (AvgIpc) is 3.16. The van der Waals surface area contributed by atoms with Gasteiger partial charge in [-0.1, -0.05) is 35.5 Å². The monoisotopic (exact) mass is 362 g/mol. The van der Waals surface area contributed by atoms with Crippen LogP contribution in [0.3, 0.4) is 0 Å². The Hall–Kier alpha value is -3.53. The first kappa shape index (κ1) is 16.9. The summed E-state index contributed by atoms with van der Waals surface area (Å²) in [5, 5.41) is 14.1. The van der Waals surface area contributed by atoms with Gasteiger partial charge in [-0.3, -0.25) is 0 Å². The number of fused-ring (bicyclic) bond motifs is 1. The van der Waals surface area contributed by atoms with Gasteiger partial charge >= 0.3 is 6.09 Å².